The molecule has 1 aromatic heterocycles. The monoisotopic (exact) mass is 538 g/mol. The molecule has 1 heterocycles. The van der Waals surface area contributed by atoms with E-state index >= 15 is 0 Å². The van der Waals surface area contributed by atoms with Gasteiger partial charge in [0.1, 0.15) is 12.0 Å². The van der Waals surface area contributed by atoms with Gasteiger partial charge in [-0.3, -0.25) is 0 Å². The van der Waals surface area contributed by atoms with E-state index in [-0.39, 0.29) is 13.1 Å². The first-order chi connectivity index (χ1) is 19.2. The molecule has 0 aliphatic heterocycles. The first-order valence-electron chi connectivity index (χ1n) is 13.3. The molecule has 3 aromatic carbocycles. The maximum Gasteiger partial charge on any atom is 0.322 e. The summed E-state index contributed by atoms with van der Waals surface area (Å²) >= 11 is 0. The Kier molecular flexibility index (Phi) is 8.97. The third kappa shape index (κ3) is 6.93. The van der Waals surface area contributed by atoms with Crippen LogP contribution in [0.3, 0.4) is 0 Å². The van der Waals surface area contributed by atoms with E-state index in [4.69, 9.17) is 16.0 Å². The number of anilines is 1. The Morgan fingerprint density at radius 1 is 1.05 bits per heavy atom. The number of aromatic nitrogens is 2. The average molecular weight is 539 g/mol. The van der Waals surface area contributed by atoms with Gasteiger partial charge in [-0.05, 0) is 35.2 Å². The molecule has 0 saturated carbocycles. The molecule has 0 aliphatic rings. The van der Waals surface area contributed by atoms with Crippen LogP contribution in [-0.4, -0.2) is 39.7 Å². The molecule has 0 spiro atoms. The number of imidazole rings is 1. The molecule has 40 heavy (non-hydrogen) atoms. The van der Waals surface area contributed by atoms with Crippen molar-refractivity contribution in [1.82, 2.24) is 14.5 Å². The summed E-state index contributed by atoms with van der Waals surface area (Å²) in [5.41, 5.74) is 8.93. The molecule has 8 heteroatoms. The Morgan fingerprint density at radius 2 is 1.68 bits per heavy atom. The zero-order valence-corrected chi connectivity index (χ0v) is 23.1. The van der Waals surface area contributed by atoms with Crippen LogP contribution < -0.4 is 11.1 Å². The lowest BCUT2D eigenvalue weighted by Crippen LogP contribution is -2.48. The minimum absolute atomic E-state index is 0.209. The standard InChI is InChI=1S/C32H35FN6O/c1-32(2,3)29(39(21-26(33)19-35)31(40)36-27-16-14-23(18-34)15-17-27)30-37-28(25-12-8-5-9-13-25)22-38(30)20-24-10-6-4-7-11-24/h4-17,22,26,29H,19-21,35H2,1-3H3,(H,36,40)/t26-,29-/m0/s1. The summed E-state index contributed by atoms with van der Waals surface area (Å²) in [6.45, 7) is 6.14. The van der Waals surface area contributed by atoms with E-state index in [1.807, 2.05) is 92.2 Å². The van der Waals surface area contributed by atoms with Crippen LogP contribution in [0.4, 0.5) is 14.9 Å². The quantitative estimate of drug-likeness (QED) is 0.258. The Balaban J connectivity index is 1.81. The maximum atomic E-state index is 15.0. The van der Waals surface area contributed by atoms with Gasteiger partial charge in [-0.15, -0.1) is 0 Å². The first-order valence-corrected chi connectivity index (χ1v) is 13.3. The second-order valence-electron chi connectivity index (χ2n) is 10.8. The summed E-state index contributed by atoms with van der Waals surface area (Å²) in [6.07, 6.45) is 0.561. The highest BCUT2D eigenvalue weighted by Gasteiger charge is 2.39. The molecule has 206 valence electrons. The molecule has 0 unspecified atom stereocenters. The van der Waals surface area contributed by atoms with E-state index in [1.165, 1.54) is 4.90 Å². The number of nitrogens with two attached hydrogens (primary N) is 1. The second kappa shape index (κ2) is 12.6. The van der Waals surface area contributed by atoms with Gasteiger partial charge >= 0.3 is 6.03 Å². The van der Waals surface area contributed by atoms with Gasteiger partial charge in [-0.25, -0.2) is 14.2 Å². The van der Waals surface area contributed by atoms with Gasteiger partial charge in [-0.1, -0.05) is 81.4 Å². The highest BCUT2D eigenvalue weighted by atomic mass is 19.1. The van der Waals surface area contributed by atoms with Gasteiger partial charge in [0.05, 0.1) is 29.9 Å². The summed E-state index contributed by atoms with van der Waals surface area (Å²) < 4.78 is 17.0. The number of hydrogen-bond donors (Lipinski definition) is 2. The Labute approximate surface area is 235 Å². The van der Waals surface area contributed by atoms with Crippen LogP contribution in [0.2, 0.25) is 0 Å². The number of carbonyl (C=O) groups excluding carboxylic acids is 1. The van der Waals surface area contributed by atoms with Gasteiger partial charge in [-0.2, -0.15) is 5.26 Å². The number of carbonyl (C=O) groups is 1. The number of urea groups is 1. The summed E-state index contributed by atoms with van der Waals surface area (Å²) in [4.78, 5) is 20.4. The Bertz CT molecular complexity index is 1440. The average Bonchev–Trinajstić information content (AvgIpc) is 3.36. The van der Waals surface area contributed by atoms with Gasteiger partial charge in [0.2, 0.25) is 0 Å². The zero-order valence-electron chi connectivity index (χ0n) is 23.1. The van der Waals surface area contributed by atoms with Gasteiger partial charge in [0.15, 0.2) is 0 Å². The van der Waals surface area contributed by atoms with E-state index in [1.54, 1.807) is 24.3 Å². The van der Waals surface area contributed by atoms with Crippen molar-refractivity contribution < 1.29 is 9.18 Å². The van der Waals surface area contributed by atoms with Crippen molar-refractivity contribution in [3.8, 4) is 17.3 Å². The van der Waals surface area contributed by atoms with Crippen molar-refractivity contribution in [3.05, 3.63) is 108 Å². The molecule has 0 radical (unpaired) electrons. The molecule has 0 aliphatic carbocycles. The van der Waals surface area contributed by atoms with E-state index in [2.05, 4.69) is 11.4 Å². The van der Waals surface area contributed by atoms with Crippen LogP contribution in [0.15, 0.2) is 91.1 Å². The van der Waals surface area contributed by atoms with Crippen molar-refractivity contribution in [2.24, 2.45) is 11.1 Å². The molecular weight excluding hydrogens is 503 g/mol. The Morgan fingerprint density at radius 3 is 2.25 bits per heavy atom. The number of hydrogen-bond acceptors (Lipinski definition) is 4. The van der Waals surface area contributed by atoms with Crippen LogP contribution >= 0.6 is 0 Å². The number of halogens is 1. The lowest BCUT2D eigenvalue weighted by atomic mass is 9.84. The van der Waals surface area contributed by atoms with Crippen molar-refractivity contribution in [3.63, 3.8) is 0 Å². The molecule has 7 nitrogen and oxygen atoms in total. The fourth-order valence-electron chi connectivity index (χ4n) is 4.71. The number of rotatable bonds is 9. The predicted octanol–water partition coefficient (Wildman–Crippen LogP) is 6.39. The molecule has 2 amide bonds. The van der Waals surface area contributed by atoms with Crippen molar-refractivity contribution in [1.29, 1.82) is 5.26 Å². The number of nitriles is 1. The molecule has 4 aromatic rings. The minimum atomic E-state index is -1.43. The SMILES string of the molecule is CC(C)(C)[C@H](c1nc(-c2ccccc2)cn1Cc1ccccc1)N(C[C@@H](F)CN)C(=O)Nc1ccc(C#N)cc1. The van der Waals surface area contributed by atoms with Crippen LogP contribution in [0.5, 0.6) is 0 Å². The lowest BCUT2D eigenvalue weighted by Gasteiger charge is -2.40. The maximum absolute atomic E-state index is 15.0. The molecule has 3 N–H and O–H groups in total. The fourth-order valence-corrected chi connectivity index (χ4v) is 4.71. The Hall–Kier alpha value is -4.48. The van der Waals surface area contributed by atoms with Crippen molar-refractivity contribution >= 4 is 11.7 Å². The largest absolute Gasteiger partial charge is 0.328 e. The number of nitrogens with zero attached hydrogens (tertiary/aromatic N) is 4. The smallest absolute Gasteiger partial charge is 0.322 e. The highest BCUT2D eigenvalue weighted by Crippen LogP contribution is 2.39. The topological polar surface area (TPSA) is 100.0 Å². The predicted molar refractivity (Wildman–Crippen MR) is 156 cm³/mol. The molecular formula is C32H35FN6O. The summed E-state index contributed by atoms with van der Waals surface area (Å²) in [6, 6.07) is 27.4. The minimum Gasteiger partial charge on any atom is -0.328 e. The summed E-state index contributed by atoms with van der Waals surface area (Å²) in [5, 5.41) is 12.0. The normalized spacial score (nSPS) is 12.8. The first kappa shape index (κ1) is 28.5. The van der Waals surface area contributed by atoms with Crippen molar-refractivity contribution in [2.45, 2.75) is 39.5 Å². The number of nitrogens with one attached hydrogen (secondary N) is 1. The van der Waals surface area contributed by atoms with Crippen LogP contribution in [-0.2, 0) is 6.54 Å². The molecule has 0 saturated heterocycles. The van der Waals surface area contributed by atoms with Crippen LogP contribution in [0.25, 0.3) is 11.3 Å². The third-order valence-corrected chi connectivity index (χ3v) is 6.63. The number of amides is 2. The molecule has 4 rings (SSSR count). The molecule has 0 bridgehead atoms. The number of alkyl halides is 1. The molecule has 0 fully saturated rings. The lowest BCUT2D eigenvalue weighted by molar-refractivity contribution is 0.0960. The van der Waals surface area contributed by atoms with Crippen LogP contribution in [0.1, 0.15) is 43.8 Å². The fraction of sp³-hybridized carbons (Fsp3) is 0.281. The van der Waals surface area contributed by atoms with E-state index < -0.39 is 23.7 Å². The van der Waals surface area contributed by atoms with Gasteiger partial charge < -0.3 is 20.5 Å². The van der Waals surface area contributed by atoms with Crippen molar-refractivity contribution in [2.75, 3.05) is 18.4 Å². The van der Waals surface area contributed by atoms with E-state index in [0.29, 0.717) is 23.6 Å². The van der Waals surface area contributed by atoms with E-state index in [9.17, 15) is 9.18 Å². The van der Waals surface area contributed by atoms with Gasteiger partial charge in [0.25, 0.3) is 0 Å². The van der Waals surface area contributed by atoms with Gasteiger partial charge in [0, 0.05) is 30.5 Å². The zero-order chi connectivity index (χ0) is 28.7. The number of benzene rings is 3. The highest BCUT2D eigenvalue weighted by molar-refractivity contribution is 5.89. The van der Waals surface area contributed by atoms with E-state index in [0.717, 1.165) is 16.8 Å². The third-order valence-electron chi connectivity index (χ3n) is 6.63. The summed E-state index contributed by atoms with van der Waals surface area (Å²) in [5.74, 6) is 0.648. The summed E-state index contributed by atoms with van der Waals surface area (Å²) in [7, 11) is 0. The second-order valence-corrected chi connectivity index (χ2v) is 10.8. The molecule has 2 atom stereocenters. The van der Waals surface area contributed by atoms with Crippen LogP contribution in [0, 0.1) is 16.7 Å².